The molecule has 1 aromatic heterocycles. The lowest BCUT2D eigenvalue weighted by Gasteiger charge is -2.26. The zero-order chi connectivity index (χ0) is 22.7. The summed E-state index contributed by atoms with van der Waals surface area (Å²) in [6, 6.07) is 19.0. The van der Waals surface area contributed by atoms with Crippen molar-refractivity contribution in [3.63, 3.8) is 0 Å². The Morgan fingerprint density at radius 1 is 1.22 bits per heavy atom. The van der Waals surface area contributed by atoms with E-state index in [1.165, 1.54) is 0 Å². The second-order valence-electron chi connectivity index (χ2n) is 7.11. The SMILES string of the molecule is CCOC(=O)COc1ccccc1[C@H]1C(C#N)=C(N)Oc2c1c(-c1ccccc1)nn2C. The highest BCUT2D eigenvalue weighted by Crippen LogP contribution is 2.48. The molecule has 1 atom stereocenters. The van der Waals surface area contributed by atoms with Gasteiger partial charge in [-0.1, -0.05) is 48.5 Å². The smallest absolute Gasteiger partial charge is 0.344 e. The van der Waals surface area contributed by atoms with E-state index in [0.29, 0.717) is 28.5 Å². The van der Waals surface area contributed by atoms with Crippen LogP contribution in [0.15, 0.2) is 66.1 Å². The summed E-state index contributed by atoms with van der Waals surface area (Å²) in [5, 5.41) is 14.6. The molecule has 2 aromatic carbocycles. The molecule has 32 heavy (non-hydrogen) atoms. The maximum Gasteiger partial charge on any atom is 0.344 e. The molecule has 0 fully saturated rings. The van der Waals surface area contributed by atoms with E-state index in [2.05, 4.69) is 11.2 Å². The van der Waals surface area contributed by atoms with Gasteiger partial charge in [0.05, 0.1) is 18.1 Å². The number of nitriles is 1. The van der Waals surface area contributed by atoms with Crippen LogP contribution in [0.3, 0.4) is 0 Å². The molecular weight excluding hydrogens is 408 g/mol. The van der Waals surface area contributed by atoms with Crippen molar-refractivity contribution >= 4 is 5.97 Å². The van der Waals surface area contributed by atoms with E-state index in [-0.39, 0.29) is 24.7 Å². The van der Waals surface area contributed by atoms with Crippen molar-refractivity contribution in [2.45, 2.75) is 12.8 Å². The summed E-state index contributed by atoms with van der Waals surface area (Å²) in [5.74, 6) is -0.164. The number of hydrogen-bond acceptors (Lipinski definition) is 7. The average molecular weight is 430 g/mol. The van der Waals surface area contributed by atoms with Gasteiger partial charge in [-0.25, -0.2) is 9.48 Å². The highest BCUT2D eigenvalue weighted by molar-refractivity contribution is 5.73. The first-order chi connectivity index (χ1) is 15.5. The van der Waals surface area contributed by atoms with Gasteiger partial charge in [-0.2, -0.15) is 10.4 Å². The first kappa shape index (κ1) is 21.0. The van der Waals surface area contributed by atoms with Crippen molar-refractivity contribution in [2.75, 3.05) is 13.2 Å². The molecule has 0 saturated carbocycles. The summed E-state index contributed by atoms with van der Waals surface area (Å²) in [7, 11) is 1.76. The number of ether oxygens (including phenoxy) is 3. The molecule has 4 rings (SSSR count). The molecule has 0 bridgehead atoms. The monoisotopic (exact) mass is 430 g/mol. The highest BCUT2D eigenvalue weighted by Gasteiger charge is 2.38. The second-order valence-corrected chi connectivity index (χ2v) is 7.11. The Balaban J connectivity index is 1.87. The Bertz CT molecular complexity index is 1220. The van der Waals surface area contributed by atoms with Crippen LogP contribution in [0.4, 0.5) is 0 Å². The minimum Gasteiger partial charge on any atom is -0.482 e. The third kappa shape index (κ3) is 3.76. The van der Waals surface area contributed by atoms with E-state index in [4.69, 9.17) is 19.9 Å². The molecule has 0 aliphatic carbocycles. The van der Waals surface area contributed by atoms with Crippen molar-refractivity contribution in [2.24, 2.45) is 12.8 Å². The third-order valence-corrected chi connectivity index (χ3v) is 5.13. The fraction of sp³-hybridized carbons (Fsp3) is 0.208. The Morgan fingerprint density at radius 2 is 1.94 bits per heavy atom. The highest BCUT2D eigenvalue weighted by atomic mass is 16.6. The number of nitrogens with zero attached hydrogens (tertiary/aromatic N) is 3. The fourth-order valence-corrected chi connectivity index (χ4v) is 3.78. The van der Waals surface area contributed by atoms with Crippen LogP contribution in [-0.4, -0.2) is 29.0 Å². The predicted octanol–water partition coefficient (Wildman–Crippen LogP) is 3.25. The predicted molar refractivity (Wildman–Crippen MR) is 117 cm³/mol. The zero-order valence-corrected chi connectivity index (χ0v) is 17.7. The van der Waals surface area contributed by atoms with E-state index in [1.807, 2.05) is 42.5 Å². The number of aromatic nitrogens is 2. The summed E-state index contributed by atoms with van der Waals surface area (Å²) in [6.07, 6.45) is 0. The summed E-state index contributed by atoms with van der Waals surface area (Å²) >= 11 is 0. The topological polar surface area (TPSA) is 112 Å². The summed E-state index contributed by atoms with van der Waals surface area (Å²) < 4.78 is 18.2. The third-order valence-electron chi connectivity index (χ3n) is 5.13. The largest absolute Gasteiger partial charge is 0.482 e. The quantitative estimate of drug-likeness (QED) is 0.597. The number of para-hydroxylation sites is 1. The molecule has 0 amide bonds. The van der Waals surface area contributed by atoms with Gasteiger partial charge in [0.1, 0.15) is 23.1 Å². The molecule has 0 spiro atoms. The molecule has 2 heterocycles. The van der Waals surface area contributed by atoms with E-state index >= 15 is 0 Å². The van der Waals surface area contributed by atoms with E-state index in [1.54, 1.807) is 30.8 Å². The van der Waals surface area contributed by atoms with Crippen LogP contribution in [0.5, 0.6) is 11.6 Å². The molecule has 0 unspecified atom stereocenters. The van der Waals surface area contributed by atoms with Crippen LogP contribution in [0.2, 0.25) is 0 Å². The Hall–Kier alpha value is -4.25. The first-order valence-electron chi connectivity index (χ1n) is 10.1. The van der Waals surface area contributed by atoms with Gasteiger partial charge in [0.2, 0.25) is 11.8 Å². The van der Waals surface area contributed by atoms with Crippen molar-refractivity contribution in [1.82, 2.24) is 9.78 Å². The number of allylic oxidation sites excluding steroid dienone is 1. The summed E-state index contributed by atoms with van der Waals surface area (Å²) in [6.45, 7) is 1.75. The number of carbonyl (C=O) groups excluding carboxylic acids is 1. The number of carbonyl (C=O) groups is 1. The standard InChI is InChI=1S/C24H22N4O4/c1-3-30-19(29)14-31-18-12-8-7-11-16(18)20-17(13-25)23(26)32-24-21(20)22(27-28(24)2)15-9-5-4-6-10-15/h4-12,20H,3,14,26H2,1-2H3/t20-/m0/s1. The zero-order valence-electron chi connectivity index (χ0n) is 17.7. The van der Waals surface area contributed by atoms with Gasteiger partial charge in [0, 0.05) is 18.2 Å². The van der Waals surface area contributed by atoms with E-state index in [0.717, 1.165) is 5.56 Å². The maximum atomic E-state index is 11.9. The molecule has 1 aliphatic rings. The molecule has 0 saturated heterocycles. The number of benzene rings is 2. The molecule has 8 nitrogen and oxygen atoms in total. The normalized spacial score (nSPS) is 14.8. The summed E-state index contributed by atoms with van der Waals surface area (Å²) in [5.41, 5.74) is 9.31. The van der Waals surface area contributed by atoms with Crippen LogP contribution in [-0.2, 0) is 16.6 Å². The molecule has 0 radical (unpaired) electrons. The lowest BCUT2D eigenvalue weighted by molar-refractivity contribution is -0.145. The Kier molecular flexibility index (Phi) is 5.81. The minimum atomic E-state index is -0.592. The number of nitrogens with two attached hydrogens (primary N) is 1. The maximum absolute atomic E-state index is 11.9. The number of rotatable bonds is 6. The number of hydrogen-bond donors (Lipinski definition) is 1. The van der Waals surface area contributed by atoms with Crippen LogP contribution in [0, 0.1) is 11.3 Å². The van der Waals surface area contributed by atoms with E-state index in [9.17, 15) is 10.1 Å². The lowest BCUT2D eigenvalue weighted by atomic mass is 9.82. The first-order valence-corrected chi connectivity index (χ1v) is 10.1. The molecule has 162 valence electrons. The van der Waals surface area contributed by atoms with Crippen LogP contribution in [0.25, 0.3) is 11.3 Å². The van der Waals surface area contributed by atoms with Gasteiger partial charge in [-0.3, -0.25) is 0 Å². The molecule has 8 heteroatoms. The van der Waals surface area contributed by atoms with Crippen molar-refractivity contribution in [3.05, 3.63) is 77.2 Å². The van der Waals surface area contributed by atoms with Crippen LogP contribution >= 0.6 is 0 Å². The lowest BCUT2D eigenvalue weighted by Crippen LogP contribution is -2.22. The van der Waals surface area contributed by atoms with Gasteiger partial charge in [0.25, 0.3) is 0 Å². The Morgan fingerprint density at radius 3 is 2.66 bits per heavy atom. The van der Waals surface area contributed by atoms with Gasteiger partial charge in [-0.15, -0.1) is 0 Å². The number of aryl methyl sites for hydroxylation is 1. The number of fused-ring (bicyclic) bond motifs is 1. The fourth-order valence-electron chi connectivity index (χ4n) is 3.78. The average Bonchev–Trinajstić information content (AvgIpc) is 3.13. The minimum absolute atomic E-state index is 0.00723. The van der Waals surface area contributed by atoms with Crippen molar-refractivity contribution in [1.29, 1.82) is 5.26 Å². The number of esters is 1. The second kappa shape index (κ2) is 8.86. The van der Waals surface area contributed by atoms with Gasteiger partial charge < -0.3 is 19.9 Å². The Labute approximate surface area is 185 Å². The van der Waals surface area contributed by atoms with Gasteiger partial charge in [0.15, 0.2) is 6.61 Å². The van der Waals surface area contributed by atoms with Crippen molar-refractivity contribution < 1.29 is 19.0 Å². The molecule has 3 aromatic rings. The summed E-state index contributed by atoms with van der Waals surface area (Å²) in [4.78, 5) is 11.9. The molecular formula is C24H22N4O4. The van der Waals surface area contributed by atoms with Crippen LogP contribution in [0.1, 0.15) is 24.0 Å². The molecule has 1 aliphatic heterocycles. The van der Waals surface area contributed by atoms with Gasteiger partial charge in [-0.05, 0) is 13.0 Å². The molecule has 2 N–H and O–H groups in total. The van der Waals surface area contributed by atoms with Crippen molar-refractivity contribution in [3.8, 4) is 29.0 Å². The van der Waals surface area contributed by atoms with E-state index < -0.39 is 11.9 Å². The van der Waals surface area contributed by atoms with Gasteiger partial charge >= 0.3 is 5.97 Å². The van der Waals surface area contributed by atoms with Crippen LogP contribution < -0.4 is 15.2 Å².